The molecule has 20 heavy (non-hydrogen) atoms. The number of nitrogens with zero attached hydrogens (tertiary/aromatic N) is 1. The molecule has 1 aliphatic carbocycles. The van der Waals surface area contributed by atoms with E-state index in [0.717, 1.165) is 31.6 Å². The van der Waals surface area contributed by atoms with Crippen molar-refractivity contribution < 1.29 is 13.5 Å². The van der Waals surface area contributed by atoms with E-state index >= 15 is 0 Å². The molecule has 1 heterocycles. The Balaban J connectivity index is 1.85. The molecule has 2 fully saturated rings. The maximum Gasteiger partial charge on any atom is 0.240 e. The smallest absolute Gasteiger partial charge is 0.240 e. The van der Waals surface area contributed by atoms with Gasteiger partial charge in [-0.15, -0.1) is 0 Å². The maximum absolute atomic E-state index is 11.3. The molecular weight excluding hydrogens is 278 g/mol. The van der Waals surface area contributed by atoms with E-state index in [1.165, 1.54) is 6.07 Å². The van der Waals surface area contributed by atoms with Crippen LogP contribution in [0.3, 0.4) is 0 Å². The van der Waals surface area contributed by atoms with Crippen LogP contribution in [0.15, 0.2) is 23.1 Å². The zero-order chi connectivity index (χ0) is 14.5. The number of nitrogens with two attached hydrogens (primary N) is 2. The molecular formula is C13H19N3O3S. The maximum atomic E-state index is 11.3. The SMILES string of the molecule is Nc1cc(N2CC3CCC(O)C3C2)ccc1S(N)(=O)=O. The highest BCUT2D eigenvalue weighted by atomic mass is 32.2. The lowest BCUT2D eigenvalue weighted by Gasteiger charge is -2.21. The average Bonchev–Trinajstić information content (AvgIpc) is 2.90. The molecule has 5 N–H and O–H groups in total. The van der Waals surface area contributed by atoms with Crippen LogP contribution in [0.25, 0.3) is 0 Å². The van der Waals surface area contributed by atoms with Gasteiger partial charge in [0.25, 0.3) is 0 Å². The second-order valence-electron chi connectivity index (χ2n) is 5.74. The van der Waals surface area contributed by atoms with Gasteiger partial charge in [0.2, 0.25) is 10.0 Å². The van der Waals surface area contributed by atoms with E-state index in [9.17, 15) is 13.5 Å². The molecule has 7 heteroatoms. The van der Waals surface area contributed by atoms with Gasteiger partial charge in [0, 0.05) is 24.7 Å². The lowest BCUT2D eigenvalue weighted by Crippen LogP contribution is -2.24. The van der Waals surface area contributed by atoms with Gasteiger partial charge < -0.3 is 15.7 Å². The van der Waals surface area contributed by atoms with Gasteiger partial charge in [-0.2, -0.15) is 0 Å². The molecule has 1 aliphatic heterocycles. The topological polar surface area (TPSA) is 110 Å². The van der Waals surface area contributed by atoms with Gasteiger partial charge in [0.1, 0.15) is 4.90 Å². The monoisotopic (exact) mass is 297 g/mol. The van der Waals surface area contributed by atoms with Gasteiger partial charge in [-0.1, -0.05) is 0 Å². The van der Waals surface area contributed by atoms with Crippen LogP contribution < -0.4 is 15.8 Å². The van der Waals surface area contributed by atoms with Crippen molar-refractivity contribution in [2.75, 3.05) is 23.7 Å². The third kappa shape index (κ3) is 2.25. The molecule has 2 aliphatic rings. The zero-order valence-electron chi connectivity index (χ0n) is 11.1. The van der Waals surface area contributed by atoms with Crippen molar-refractivity contribution in [3.63, 3.8) is 0 Å². The minimum Gasteiger partial charge on any atom is -0.398 e. The van der Waals surface area contributed by atoms with Crippen LogP contribution in [0.2, 0.25) is 0 Å². The lowest BCUT2D eigenvalue weighted by atomic mass is 10.00. The van der Waals surface area contributed by atoms with Crippen molar-refractivity contribution in [2.45, 2.75) is 23.8 Å². The fourth-order valence-electron chi connectivity index (χ4n) is 3.44. The predicted molar refractivity (Wildman–Crippen MR) is 76.7 cm³/mol. The van der Waals surface area contributed by atoms with Gasteiger partial charge in [-0.25, -0.2) is 13.6 Å². The second kappa shape index (κ2) is 4.61. The van der Waals surface area contributed by atoms with E-state index < -0.39 is 10.0 Å². The zero-order valence-corrected chi connectivity index (χ0v) is 11.9. The lowest BCUT2D eigenvalue weighted by molar-refractivity contribution is 0.133. The van der Waals surface area contributed by atoms with Crippen LogP contribution in [0.4, 0.5) is 11.4 Å². The van der Waals surface area contributed by atoms with Crippen molar-refractivity contribution in [3.05, 3.63) is 18.2 Å². The van der Waals surface area contributed by atoms with Gasteiger partial charge in [-0.3, -0.25) is 0 Å². The summed E-state index contributed by atoms with van der Waals surface area (Å²) >= 11 is 0. The quantitative estimate of drug-likeness (QED) is 0.672. The predicted octanol–water partition coefficient (Wildman–Crippen LogP) is 0.123. The van der Waals surface area contributed by atoms with Crippen molar-refractivity contribution in [1.82, 2.24) is 0 Å². The van der Waals surface area contributed by atoms with Gasteiger partial charge in [0.05, 0.1) is 11.8 Å². The van der Waals surface area contributed by atoms with Gasteiger partial charge >= 0.3 is 0 Å². The molecule has 3 unspecified atom stereocenters. The number of sulfonamides is 1. The minimum atomic E-state index is -3.78. The first-order valence-electron chi connectivity index (χ1n) is 6.71. The number of rotatable bonds is 2. The first kappa shape index (κ1) is 13.7. The molecule has 0 aromatic heterocycles. The Morgan fingerprint density at radius 2 is 2.00 bits per heavy atom. The third-order valence-corrected chi connectivity index (χ3v) is 5.47. The molecule has 1 aromatic rings. The number of nitrogen functional groups attached to an aromatic ring is 1. The van der Waals surface area contributed by atoms with Crippen LogP contribution in [-0.2, 0) is 10.0 Å². The van der Waals surface area contributed by atoms with E-state index in [2.05, 4.69) is 4.90 Å². The largest absolute Gasteiger partial charge is 0.398 e. The Labute approximate surface area is 118 Å². The molecule has 0 spiro atoms. The second-order valence-corrected chi connectivity index (χ2v) is 7.27. The number of fused-ring (bicyclic) bond motifs is 1. The molecule has 1 saturated heterocycles. The molecule has 3 rings (SSSR count). The Morgan fingerprint density at radius 1 is 1.25 bits per heavy atom. The summed E-state index contributed by atoms with van der Waals surface area (Å²) in [4.78, 5) is 2.11. The van der Waals surface area contributed by atoms with Crippen LogP contribution >= 0.6 is 0 Å². The summed E-state index contributed by atoms with van der Waals surface area (Å²) in [6, 6.07) is 4.82. The first-order chi connectivity index (χ1) is 9.36. The minimum absolute atomic E-state index is 0.0410. The Kier molecular flexibility index (Phi) is 3.15. The van der Waals surface area contributed by atoms with Crippen molar-refractivity contribution in [2.24, 2.45) is 17.0 Å². The fraction of sp³-hybridized carbons (Fsp3) is 0.538. The highest BCUT2D eigenvalue weighted by Gasteiger charge is 2.41. The van der Waals surface area contributed by atoms with E-state index in [1.807, 2.05) is 0 Å². The molecule has 3 atom stereocenters. The van der Waals surface area contributed by atoms with Crippen molar-refractivity contribution >= 4 is 21.4 Å². The molecule has 0 radical (unpaired) electrons. The fourth-order valence-corrected chi connectivity index (χ4v) is 4.08. The van der Waals surface area contributed by atoms with Crippen LogP contribution in [0.5, 0.6) is 0 Å². The number of hydrogen-bond acceptors (Lipinski definition) is 5. The summed E-state index contributed by atoms with van der Waals surface area (Å²) in [5, 5.41) is 15.0. The summed E-state index contributed by atoms with van der Waals surface area (Å²) in [6.07, 6.45) is 1.72. The van der Waals surface area contributed by atoms with E-state index in [4.69, 9.17) is 10.9 Å². The normalized spacial score (nSPS) is 29.7. The molecule has 0 amide bonds. The number of aliphatic hydroxyl groups is 1. The Bertz CT molecular complexity index is 632. The number of aliphatic hydroxyl groups excluding tert-OH is 1. The van der Waals surface area contributed by atoms with Gasteiger partial charge in [0.15, 0.2) is 0 Å². The summed E-state index contributed by atoms with van der Waals surface area (Å²) in [7, 11) is -3.78. The van der Waals surface area contributed by atoms with E-state index in [-0.39, 0.29) is 16.7 Å². The third-order valence-electron chi connectivity index (χ3n) is 4.48. The Hall–Kier alpha value is -1.31. The van der Waals surface area contributed by atoms with Crippen molar-refractivity contribution in [3.8, 4) is 0 Å². The number of primary sulfonamides is 1. The van der Waals surface area contributed by atoms with Crippen molar-refractivity contribution in [1.29, 1.82) is 0 Å². The summed E-state index contributed by atoms with van der Waals surface area (Å²) in [6.45, 7) is 1.68. The molecule has 6 nitrogen and oxygen atoms in total. The number of hydrogen-bond donors (Lipinski definition) is 3. The molecule has 1 saturated carbocycles. The van der Waals surface area contributed by atoms with Gasteiger partial charge in [-0.05, 0) is 37.0 Å². The number of anilines is 2. The number of benzene rings is 1. The standard InChI is InChI=1S/C13H19N3O3S/c14-11-5-9(2-4-13(11)20(15,18)19)16-6-8-1-3-12(17)10(8)7-16/h2,4-5,8,10,12,17H,1,3,6-7,14H2,(H2,15,18,19). The van der Waals surface area contributed by atoms with Crippen LogP contribution in [0, 0.1) is 11.8 Å². The highest BCUT2D eigenvalue weighted by molar-refractivity contribution is 7.89. The summed E-state index contributed by atoms with van der Waals surface area (Å²) in [5.41, 5.74) is 6.84. The average molecular weight is 297 g/mol. The van der Waals surface area contributed by atoms with Crippen LogP contribution in [-0.4, -0.2) is 32.7 Å². The Morgan fingerprint density at radius 3 is 2.60 bits per heavy atom. The van der Waals surface area contributed by atoms with E-state index in [0.29, 0.717) is 11.8 Å². The summed E-state index contributed by atoms with van der Waals surface area (Å²) < 4.78 is 22.7. The summed E-state index contributed by atoms with van der Waals surface area (Å²) in [5.74, 6) is 0.832. The molecule has 1 aromatic carbocycles. The van der Waals surface area contributed by atoms with Crippen LogP contribution in [0.1, 0.15) is 12.8 Å². The van der Waals surface area contributed by atoms with E-state index in [1.54, 1.807) is 12.1 Å². The molecule has 110 valence electrons. The highest BCUT2D eigenvalue weighted by Crippen LogP contribution is 2.40. The first-order valence-corrected chi connectivity index (χ1v) is 8.26. The molecule has 0 bridgehead atoms.